The maximum absolute atomic E-state index is 9.98. The minimum Gasteiger partial charge on any atom is -0.389 e. The Morgan fingerprint density at radius 3 is 2.75 bits per heavy atom. The molecule has 0 bridgehead atoms. The summed E-state index contributed by atoms with van der Waals surface area (Å²) in [7, 11) is 1.92. The van der Waals surface area contributed by atoms with Gasteiger partial charge in [0.05, 0.1) is 11.3 Å². The van der Waals surface area contributed by atoms with Crippen LogP contribution in [0.15, 0.2) is 6.20 Å². The summed E-state index contributed by atoms with van der Waals surface area (Å²) in [5.74, 6) is 0. The number of aromatic nitrogens is 2. The number of rotatable bonds is 6. The molecule has 0 fully saturated rings. The summed E-state index contributed by atoms with van der Waals surface area (Å²) in [6.45, 7) is 7.34. The number of aryl methyl sites for hydroxylation is 2. The lowest BCUT2D eigenvalue weighted by Gasteiger charge is -2.22. The molecule has 0 spiro atoms. The molecule has 0 aliphatic heterocycles. The van der Waals surface area contributed by atoms with Crippen LogP contribution in [0.3, 0.4) is 0 Å². The molecule has 1 aromatic heterocycles. The predicted octanol–water partition coefficient (Wildman–Crippen LogP) is 1.37. The number of nitrogens with one attached hydrogen (secondary N) is 1. The second-order valence-electron chi connectivity index (χ2n) is 4.76. The van der Waals surface area contributed by atoms with Crippen LogP contribution in [0.5, 0.6) is 0 Å². The minimum absolute atomic E-state index is 0.606. The predicted molar refractivity (Wildman–Crippen MR) is 65.2 cm³/mol. The van der Waals surface area contributed by atoms with E-state index in [0.29, 0.717) is 6.54 Å². The highest BCUT2D eigenvalue weighted by Crippen LogP contribution is 2.11. The van der Waals surface area contributed by atoms with Gasteiger partial charge in [-0.3, -0.25) is 4.68 Å². The van der Waals surface area contributed by atoms with Gasteiger partial charge in [0, 0.05) is 31.9 Å². The van der Waals surface area contributed by atoms with Gasteiger partial charge in [0.2, 0.25) is 0 Å². The zero-order valence-corrected chi connectivity index (χ0v) is 10.7. The van der Waals surface area contributed by atoms with E-state index in [0.717, 1.165) is 25.1 Å². The number of hydrogen-bond donors (Lipinski definition) is 2. The molecular formula is C12H23N3O. The first kappa shape index (κ1) is 13.2. The highest BCUT2D eigenvalue weighted by atomic mass is 16.3. The lowest BCUT2D eigenvalue weighted by atomic mass is 10.0. The van der Waals surface area contributed by atoms with Crippen LogP contribution in [0.25, 0.3) is 0 Å². The third-order valence-corrected chi connectivity index (χ3v) is 2.72. The Balaban J connectivity index is 2.38. The first-order valence-electron chi connectivity index (χ1n) is 5.87. The second-order valence-corrected chi connectivity index (χ2v) is 4.76. The van der Waals surface area contributed by atoms with Crippen molar-refractivity contribution in [2.75, 3.05) is 6.54 Å². The van der Waals surface area contributed by atoms with Gasteiger partial charge in [-0.2, -0.15) is 5.10 Å². The molecule has 92 valence electrons. The Morgan fingerprint density at radius 1 is 1.56 bits per heavy atom. The van der Waals surface area contributed by atoms with E-state index in [9.17, 15) is 5.11 Å². The number of hydrogen-bond acceptors (Lipinski definition) is 3. The lowest BCUT2D eigenvalue weighted by molar-refractivity contribution is 0.0498. The summed E-state index contributed by atoms with van der Waals surface area (Å²) in [6, 6.07) is 0. The zero-order chi connectivity index (χ0) is 12.2. The van der Waals surface area contributed by atoms with E-state index in [2.05, 4.69) is 17.3 Å². The Bertz CT molecular complexity index is 331. The third kappa shape index (κ3) is 3.94. The Kier molecular flexibility index (Phi) is 4.50. The van der Waals surface area contributed by atoms with Crippen LogP contribution in [0.2, 0.25) is 0 Å². The summed E-state index contributed by atoms with van der Waals surface area (Å²) in [5, 5.41) is 17.5. The first-order chi connectivity index (χ1) is 7.44. The lowest BCUT2D eigenvalue weighted by Crippen LogP contribution is -2.37. The van der Waals surface area contributed by atoms with Crippen LogP contribution in [-0.4, -0.2) is 27.0 Å². The van der Waals surface area contributed by atoms with Crippen molar-refractivity contribution in [2.45, 2.75) is 45.8 Å². The quantitative estimate of drug-likeness (QED) is 0.769. The van der Waals surface area contributed by atoms with Gasteiger partial charge in [-0.05, 0) is 20.3 Å². The summed E-state index contributed by atoms with van der Waals surface area (Å²) >= 11 is 0. The molecule has 1 unspecified atom stereocenters. The van der Waals surface area contributed by atoms with E-state index in [-0.39, 0.29) is 0 Å². The maximum atomic E-state index is 9.98. The highest BCUT2D eigenvalue weighted by Gasteiger charge is 2.18. The van der Waals surface area contributed by atoms with Crippen molar-refractivity contribution >= 4 is 0 Å². The van der Waals surface area contributed by atoms with Crippen molar-refractivity contribution in [3.8, 4) is 0 Å². The average Bonchev–Trinajstić information content (AvgIpc) is 2.44. The first-order valence-corrected chi connectivity index (χ1v) is 5.87. The van der Waals surface area contributed by atoms with Gasteiger partial charge >= 0.3 is 0 Å². The van der Waals surface area contributed by atoms with Crippen molar-refractivity contribution < 1.29 is 5.11 Å². The Hall–Kier alpha value is -0.870. The van der Waals surface area contributed by atoms with E-state index in [1.807, 2.05) is 31.8 Å². The minimum atomic E-state index is -0.606. The van der Waals surface area contributed by atoms with E-state index in [1.54, 1.807) is 0 Å². The maximum Gasteiger partial charge on any atom is 0.0743 e. The zero-order valence-electron chi connectivity index (χ0n) is 10.7. The van der Waals surface area contributed by atoms with Crippen LogP contribution in [0.1, 0.15) is 37.9 Å². The molecule has 1 rings (SSSR count). The van der Waals surface area contributed by atoms with Gasteiger partial charge in [-0.25, -0.2) is 0 Å². The van der Waals surface area contributed by atoms with Gasteiger partial charge in [0.15, 0.2) is 0 Å². The fraction of sp³-hybridized carbons (Fsp3) is 0.750. The molecular weight excluding hydrogens is 202 g/mol. The van der Waals surface area contributed by atoms with Crippen molar-refractivity contribution in [3.05, 3.63) is 17.5 Å². The molecule has 0 saturated heterocycles. The SMILES string of the molecule is CCCC(C)(O)CNCc1cn(C)nc1C. The summed E-state index contributed by atoms with van der Waals surface area (Å²) in [6.07, 6.45) is 3.84. The molecule has 0 aliphatic carbocycles. The fourth-order valence-corrected chi connectivity index (χ4v) is 1.92. The molecule has 4 nitrogen and oxygen atoms in total. The van der Waals surface area contributed by atoms with E-state index >= 15 is 0 Å². The molecule has 0 saturated carbocycles. The number of aliphatic hydroxyl groups is 1. The molecule has 1 heterocycles. The molecule has 4 heteroatoms. The van der Waals surface area contributed by atoms with Crippen molar-refractivity contribution in [1.29, 1.82) is 0 Å². The highest BCUT2D eigenvalue weighted by molar-refractivity contribution is 5.14. The van der Waals surface area contributed by atoms with Gasteiger partial charge in [-0.15, -0.1) is 0 Å². The van der Waals surface area contributed by atoms with Gasteiger partial charge in [0.25, 0.3) is 0 Å². The molecule has 0 aliphatic rings. The van der Waals surface area contributed by atoms with Crippen LogP contribution >= 0.6 is 0 Å². The van der Waals surface area contributed by atoms with Crippen LogP contribution in [0.4, 0.5) is 0 Å². The van der Waals surface area contributed by atoms with E-state index in [4.69, 9.17) is 0 Å². The Labute approximate surface area is 97.7 Å². The molecule has 16 heavy (non-hydrogen) atoms. The van der Waals surface area contributed by atoms with Crippen molar-refractivity contribution in [1.82, 2.24) is 15.1 Å². The average molecular weight is 225 g/mol. The second kappa shape index (κ2) is 5.46. The molecule has 0 aromatic carbocycles. The monoisotopic (exact) mass is 225 g/mol. The van der Waals surface area contributed by atoms with Crippen LogP contribution < -0.4 is 5.32 Å². The Morgan fingerprint density at radius 2 is 2.25 bits per heavy atom. The molecule has 0 radical (unpaired) electrons. The van der Waals surface area contributed by atoms with Crippen molar-refractivity contribution in [2.24, 2.45) is 7.05 Å². The fourth-order valence-electron chi connectivity index (χ4n) is 1.92. The van der Waals surface area contributed by atoms with Gasteiger partial charge < -0.3 is 10.4 Å². The summed E-state index contributed by atoms with van der Waals surface area (Å²) in [5.41, 5.74) is 1.63. The van der Waals surface area contributed by atoms with Gasteiger partial charge in [-0.1, -0.05) is 13.3 Å². The largest absolute Gasteiger partial charge is 0.389 e. The summed E-state index contributed by atoms with van der Waals surface area (Å²) < 4.78 is 1.82. The standard InChI is InChI=1S/C12H23N3O/c1-5-6-12(3,16)9-13-7-11-8-15(4)14-10(11)2/h8,13,16H,5-7,9H2,1-4H3. The molecule has 1 atom stereocenters. The number of nitrogens with zero attached hydrogens (tertiary/aromatic N) is 2. The van der Waals surface area contributed by atoms with E-state index < -0.39 is 5.60 Å². The molecule has 2 N–H and O–H groups in total. The van der Waals surface area contributed by atoms with Crippen molar-refractivity contribution in [3.63, 3.8) is 0 Å². The van der Waals surface area contributed by atoms with Crippen LogP contribution in [-0.2, 0) is 13.6 Å². The third-order valence-electron chi connectivity index (χ3n) is 2.72. The molecule has 0 amide bonds. The molecule has 1 aromatic rings. The normalized spacial score (nSPS) is 15.1. The van der Waals surface area contributed by atoms with Gasteiger partial charge in [0.1, 0.15) is 0 Å². The summed E-state index contributed by atoms with van der Waals surface area (Å²) in [4.78, 5) is 0. The van der Waals surface area contributed by atoms with E-state index in [1.165, 1.54) is 5.56 Å². The van der Waals surface area contributed by atoms with Crippen LogP contribution in [0, 0.1) is 6.92 Å². The topological polar surface area (TPSA) is 50.1 Å². The smallest absolute Gasteiger partial charge is 0.0743 e.